The minimum absolute atomic E-state index is 0.184. The molecule has 2 heterocycles. The Bertz CT molecular complexity index is 843. The third-order valence-electron chi connectivity index (χ3n) is 6.89. The summed E-state index contributed by atoms with van der Waals surface area (Å²) in [5, 5.41) is 3.10. The van der Waals surface area contributed by atoms with Gasteiger partial charge in [-0.3, -0.25) is 14.7 Å². The van der Waals surface area contributed by atoms with E-state index in [1.165, 1.54) is 29.5 Å². The van der Waals surface area contributed by atoms with E-state index in [4.69, 9.17) is 0 Å². The van der Waals surface area contributed by atoms with Crippen LogP contribution >= 0.6 is 0 Å². The van der Waals surface area contributed by atoms with Gasteiger partial charge in [0.15, 0.2) is 0 Å². The van der Waals surface area contributed by atoms with Gasteiger partial charge in [0.2, 0.25) is 5.91 Å². The Balaban J connectivity index is 1.39. The number of carbonyl (C=O) groups excluding carboxylic acids is 1. The fraction of sp³-hybridized carbons (Fsp3) is 0.520. The first kappa shape index (κ1) is 21.0. The van der Waals surface area contributed by atoms with Crippen molar-refractivity contribution in [3.8, 4) is 0 Å². The molecule has 1 aromatic carbocycles. The Morgan fingerprint density at radius 3 is 2.63 bits per heavy atom. The smallest absolute Gasteiger partial charge is 0.220 e. The second kappa shape index (κ2) is 9.27. The van der Waals surface area contributed by atoms with Crippen molar-refractivity contribution in [2.45, 2.75) is 43.6 Å². The summed E-state index contributed by atoms with van der Waals surface area (Å²) >= 11 is 0. The molecule has 1 aliphatic heterocycles. The third kappa shape index (κ3) is 4.73. The molecule has 5 nitrogen and oxygen atoms in total. The molecular weight excluding hydrogens is 372 g/mol. The molecule has 160 valence electrons. The van der Waals surface area contributed by atoms with Gasteiger partial charge >= 0.3 is 0 Å². The first-order chi connectivity index (χ1) is 14.6. The van der Waals surface area contributed by atoms with Gasteiger partial charge in [-0.25, -0.2) is 0 Å². The molecule has 0 bridgehead atoms. The number of likely N-dealkylation sites (tertiary alicyclic amines) is 1. The Hall–Kier alpha value is -2.24. The van der Waals surface area contributed by atoms with Crippen molar-refractivity contribution in [3.63, 3.8) is 0 Å². The Labute approximate surface area is 180 Å². The maximum absolute atomic E-state index is 12.6. The van der Waals surface area contributed by atoms with Crippen molar-refractivity contribution < 1.29 is 4.79 Å². The maximum atomic E-state index is 12.6. The number of benzene rings is 1. The molecule has 4 rings (SSSR count). The number of piperidine rings is 1. The lowest BCUT2D eigenvalue weighted by Gasteiger charge is -2.40. The number of fused-ring (bicyclic) bond motifs is 2. The molecule has 0 unspecified atom stereocenters. The van der Waals surface area contributed by atoms with Crippen LogP contribution in [0, 0.1) is 0 Å². The summed E-state index contributed by atoms with van der Waals surface area (Å²) in [5.41, 5.74) is 4.47. The van der Waals surface area contributed by atoms with Crippen molar-refractivity contribution in [3.05, 3.63) is 65.5 Å². The van der Waals surface area contributed by atoms with Crippen LogP contribution in [0.1, 0.15) is 48.3 Å². The predicted molar refractivity (Wildman–Crippen MR) is 120 cm³/mol. The van der Waals surface area contributed by atoms with E-state index in [2.05, 4.69) is 56.5 Å². The molecule has 1 atom stereocenters. The normalized spacial score (nSPS) is 20.4. The molecule has 1 spiro atoms. The summed E-state index contributed by atoms with van der Waals surface area (Å²) in [4.78, 5) is 21.4. The molecule has 1 amide bonds. The van der Waals surface area contributed by atoms with Gasteiger partial charge in [-0.15, -0.1) is 0 Å². The highest BCUT2D eigenvalue weighted by Gasteiger charge is 2.45. The fourth-order valence-corrected chi connectivity index (χ4v) is 5.28. The Morgan fingerprint density at radius 2 is 1.90 bits per heavy atom. The van der Waals surface area contributed by atoms with Crippen molar-refractivity contribution in [2.75, 3.05) is 40.3 Å². The molecule has 1 aromatic heterocycles. The Kier molecular flexibility index (Phi) is 6.49. The number of pyridine rings is 1. The van der Waals surface area contributed by atoms with Crippen LogP contribution in [0.5, 0.6) is 0 Å². The lowest BCUT2D eigenvalue weighted by molar-refractivity contribution is -0.121. The van der Waals surface area contributed by atoms with Crippen LogP contribution in [0.2, 0.25) is 0 Å². The number of aromatic nitrogens is 1. The van der Waals surface area contributed by atoms with E-state index in [1.807, 2.05) is 26.5 Å². The van der Waals surface area contributed by atoms with Crippen LogP contribution in [0.15, 0.2) is 48.8 Å². The first-order valence-electron chi connectivity index (χ1n) is 11.2. The number of amides is 1. The quantitative estimate of drug-likeness (QED) is 0.767. The average Bonchev–Trinajstić information content (AvgIpc) is 3.04. The number of hydrogen-bond acceptors (Lipinski definition) is 4. The second-order valence-electron chi connectivity index (χ2n) is 9.26. The van der Waals surface area contributed by atoms with Crippen LogP contribution in [0.3, 0.4) is 0 Å². The van der Waals surface area contributed by atoms with Crippen LogP contribution in [-0.4, -0.2) is 61.0 Å². The van der Waals surface area contributed by atoms with Gasteiger partial charge in [-0.2, -0.15) is 0 Å². The van der Waals surface area contributed by atoms with Gasteiger partial charge in [-0.05, 0) is 86.6 Å². The third-order valence-corrected chi connectivity index (χ3v) is 6.89. The summed E-state index contributed by atoms with van der Waals surface area (Å²) in [6, 6.07) is 13.1. The highest BCUT2D eigenvalue weighted by atomic mass is 16.1. The number of likely N-dealkylation sites (N-methyl/N-ethyl adjacent to an activating group) is 1. The topological polar surface area (TPSA) is 48.5 Å². The zero-order valence-electron chi connectivity index (χ0n) is 18.3. The lowest BCUT2D eigenvalue weighted by atomic mass is 9.73. The fourth-order valence-electron chi connectivity index (χ4n) is 5.28. The monoisotopic (exact) mass is 406 g/mol. The van der Waals surface area contributed by atoms with E-state index in [9.17, 15) is 4.79 Å². The standard InChI is InChI=1S/C25H34N4O/c1-28(2)16-13-27-24(30)17-21-18-25(23-6-4-3-5-22(21)23)9-14-29(15-10-25)19-20-7-11-26-12-8-20/h3-8,11-12,21H,9-10,13-19H2,1-2H3,(H,27,30)/t21-/m1/s1. The zero-order chi connectivity index (χ0) is 21.0. The number of nitrogens with zero attached hydrogens (tertiary/aromatic N) is 3. The molecule has 0 saturated carbocycles. The first-order valence-corrected chi connectivity index (χ1v) is 11.2. The number of rotatable bonds is 7. The molecule has 30 heavy (non-hydrogen) atoms. The predicted octanol–water partition coefficient (Wildman–Crippen LogP) is 3.17. The van der Waals surface area contributed by atoms with E-state index < -0.39 is 0 Å². The van der Waals surface area contributed by atoms with Crippen LogP contribution in [0.4, 0.5) is 0 Å². The average molecular weight is 407 g/mol. The highest BCUT2D eigenvalue weighted by Crippen LogP contribution is 2.52. The summed E-state index contributed by atoms with van der Waals surface area (Å²) in [6.07, 6.45) is 7.81. The molecule has 2 aliphatic rings. The second-order valence-corrected chi connectivity index (χ2v) is 9.26. The summed E-state index contributed by atoms with van der Waals surface area (Å²) in [5.74, 6) is 0.524. The van der Waals surface area contributed by atoms with E-state index in [-0.39, 0.29) is 11.3 Å². The Morgan fingerprint density at radius 1 is 1.17 bits per heavy atom. The van der Waals surface area contributed by atoms with Crippen LogP contribution in [-0.2, 0) is 16.8 Å². The summed E-state index contributed by atoms with van der Waals surface area (Å²) in [6.45, 7) is 4.81. The van der Waals surface area contributed by atoms with Crippen LogP contribution in [0.25, 0.3) is 0 Å². The van der Waals surface area contributed by atoms with E-state index >= 15 is 0 Å². The molecule has 1 fully saturated rings. The SMILES string of the molecule is CN(C)CCNC(=O)C[C@@H]1CC2(CCN(Cc3ccncc3)CC2)c2ccccc21. The molecule has 1 saturated heterocycles. The van der Waals surface area contributed by atoms with Crippen molar-refractivity contribution in [1.82, 2.24) is 20.1 Å². The van der Waals surface area contributed by atoms with Gasteiger partial charge in [0, 0.05) is 38.4 Å². The van der Waals surface area contributed by atoms with E-state index in [0.29, 0.717) is 12.3 Å². The lowest BCUT2D eigenvalue weighted by Crippen LogP contribution is -2.41. The van der Waals surface area contributed by atoms with E-state index in [1.54, 1.807) is 0 Å². The molecule has 1 N–H and O–H groups in total. The number of nitrogens with one attached hydrogen (secondary N) is 1. The van der Waals surface area contributed by atoms with Gasteiger partial charge < -0.3 is 10.2 Å². The van der Waals surface area contributed by atoms with Crippen molar-refractivity contribution in [2.24, 2.45) is 0 Å². The summed E-state index contributed by atoms with van der Waals surface area (Å²) in [7, 11) is 4.06. The molecular formula is C25H34N4O. The van der Waals surface area contributed by atoms with Gasteiger partial charge in [0.25, 0.3) is 0 Å². The zero-order valence-corrected chi connectivity index (χ0v) is 18.3. The number of carbonyl (C=O) groups is 1. The number of hydrogen-bond donors (Lipinski definition) is 1. The van der Waals surface area contributed by atoms with Gasteiger partial charge in [0.05, 0.1) is 0 Å². The highest BCUT2D eigenvalue weighted by molar-refractivity contribution is 5.77. The maximum Gasteiger partial charge on any atom is 0.220 e. The molecule has 1 aliphatic carbocycles. The van der Waals surface area contributed by atoms with Gasteiger partial charge in [0.1, 0.15) is 0 Å². The minimum Gasteiger partial charge on any atom is -0.355 e. The molecule has 5 heteroatoms. The van der Waals surface area contributed by atoms with Crippen molar-refractivity contribution in [1.29, 1.82) is 0 Å². The van der Waals surface area contributed by atoms with Gasteiger partial charge in [-0.1, -0.05) is 24.3 Å². The minimum atomic E-state index is 0.184. The van der Waals surface area contributed by atoms with Crippen molar-refractivity contribution >= 4 is 5.91 Å². The molecule has 2 aromatic rings. The molecule has 0 radical (unpaired) electrons. The van der Waals surface area contributed by atoms with E-state index in [0.717, 1.165) is 39.1 Å². The largest absolute Gasteiger partial charge is 0.355 e. The van der Waals surface area contributed by atoms with Crippen LogP contribution < -0.4 is 5.32 Å². The summed E-state index contributed by atoms with van der Waals surface area (Å²) < 4.78 is 0.